The Morgan fingerprint density at radius 1 is 1.27 bits per heavy atom. The molecule has 1 atom stereocenters. The minimum Gasteiger partial charge on any atom is -0.491 e. The first-order valence-electron chi connectivity index (χ1n) is 3.76. The lowest BCUT2D eigenvalue weighted by Gasteiger charge is -2.03. The summed E-state index contributed by atoms with van der Waals surface area (Å²) in [7, 11) is 0. The van der Waals surface area contributed by atoms with E-state index in [1.54, 1.807) is 0 Å². The molecule has 1 aliphatic heterocycles. The predicted molar refractivity (Wildman–Crippen MR) is 42.1 cm³/mol. The zero-order chi connectivity index (χ0) is 7.52. The fraction of sp³-hybridized carbons (Fsp3) is 0.333. The van der Waals surface area contributed by atoms with Gasteiger partial charge in [0, 0.05) is 0 Å². The second-order valence-electron chi connectivity index (χ2n) is 2.50. The van der Waals surface area contributed by atoms with E-state index in [1.165, 1.54) is 0 Å². The Morgan fingerprint density at radius 3 is 3.27 bits per heavy atom. The smallest absolute Gasteiger partial charge is 0.118 e. The SMILES string of the molecule is C1=CC2=CC(C=C1)OCCO2. The summed E-state index contributed by atoms with van der Waals surface area (Å²) in [5.41, 5.74) is 0. The van der Waals surface area contributed by atoms with Gasteiger partial charge in [-0.15, -0.1) is 0 Å². The van der Waals surface area contributed by atoms with Gasteiger partial charge in [-0.2, -0.15) is 0 Å². The fourth-order valence-electron chi connectivity index (χ4n) is 1.14. The maximum atomic E-state index is 5.43. The normalized spacial score (nSPS) is 28.4. The van der Waals surface area contributed by atoms with Gasteiger partial charge in [-0.05, 0) is 12.2 Å². The first-order valence-corrected chi connectivity index (χ1v) is 3.76. The molecule has 0 aromatic rings. The van der Waals surface area contributed by atoms with Crippen LogP contribution in [-0.4, -0.2) is 19.3 Å². The van der Waals surface area contributed by atoms with Crippen LogP contribution in [0.15, 0.2) is 36.1 Å². The molecule has 0 fully saturated rings. The van der Waals surface area contributed by atoms with Crippen molar-refractivity contribution in [3.63, 3.8) is 0 Å². The molecule has 0 spiro atoms. The summed E-state index contributed by atoms with van der Waals surface area (Å²) in [6, 6.07) is 0. The Balaban J connectivity index is 2.23. The van der Waals surface area contributed by atoms with Gasteiger partial charge < -0.3 is 9.47 Å². The van der Waals surface area contributed by atoms with Crippen LogP contribution in [-0.2, 0) is 9.47 Å². The lowest BCUT2D eigenvalue weighted by atomic mass is 10.3. The molecule has 1 heterocycles. The number of hydrogen-bond donors (Lipinski definition) is 0. The summed E-state index contributed by atoms with van der Waals surface area (Å²) in [6.07, 6.45) is 9.97. The quantitative estimate of drug-likeness (QED) is 0.519. The van der Waals surface area contributed by atoms with Crippen molar-refractivity contribution in [1.29, 1.82) is 0 Å². The maximum absolute atomic E-state index is 5.43. The monoisotopic (exact) mass is 150 g/mol. The Kier molecular flexibility index (Phi) is 1.78. The first kappa shape index (κ1) is 6.68. The number of ether oxygens (including phenoxy) is 2. The van der Waals surface area contributed by atoms with E-state index in [9.17, 15) is 0 Å². The van der Waals surface area contributed by atoms with E-state index in [0.29, 0.717) is 13.2 Å². The van der Waals surface area contributed by atoms with Crippen LogP contribution in [0, 0.1) is 0 Å². The van der Waals surface area contributed by atoms with Crippen LogP contribution in [0.25, 0.3) is 0 Å². The summed E-state index contributed by atoms with van der Waals surface area (Å²) >= 11 is 0. The summed E-state index contributed by atoms with van der Waals surface area (Å²) in [5.74, 6) is 0.914. The van der Waals surface area contributed by atoms with E-state index in [2.05, 4.69) is 0 Å². The Labute approximate surface area is 65.8 Å². The van der Waals surface area contributed by atoms with Crippen LogP contribution in [0.1, 0.15) is 0 Å². The molecular formula is C9H10O2. The zero-order valence-corrected chi connectivity index (χ0v) is 6.19. The van der Waals surface area contributed by atoms with Crippen molar-refractivity contribution in [2.24, 2.45) is 0 Å². The van der Waals surface area contributed by atoms with Crippen LogP contribution in [0.5, 0.6) is 0 Å². The van der Waals surface area contributed by atoms with Gasteiger partial charge in [-0.1, -0.05) is 18.2 Å². The highest BCUT2D eigenvalue weighted by Gasteiger charge is 2.09. The molecule has 0 aromatic heterocycles. The van der Waals surface area contributed by atoms with E-state index >= 15 is 0 Å². The second kappa shape index (κ2) is 2.93. The van der Waals surface area contributed by atoms with Gasteiger partial charge in [0.05, 0.1) is 12.7 Å². The Hall–Kier alpha value is -1.02. The number of hydrogen-bond acceptors (Lipinski definition) is 2. The molecule has 0 saturated heterocycles. The molecule has 11 heavy (non-hydrogen) atoms. The molecule has 2 heteroatoms. The van der Waals surface area contributed by atoms with Crippen molar-refractivity contribution in [3.05, 3.63) is 36.1 Å². The van der Waals surface area contributed by atoms with Gasteiger partial charge in [0.1, 0.15) is 12.4 Å². The maximum Gasteiger partial charge on any atom is 0.118 e. The van der Waals surface area contributed by atoms with Crippen LogP contribution >= 0.6 is 0 Å². The van der Waals surface area contributed by atoms with Gasteiger partial charge in [0.15, 0.2) is 0 Å². The predicted octanol–water partition coefficient (Wildman–Crippen LogP) is 1.41. The highest BCUT2D eigenvalue weighted by atomic mass is 16.5. The van der Waals surface area contributed by atoms with E-state index in [0.717, 1.165) is 5.76 Å². The van der Waals surface area contributed by atoms with Gasteiger partial charge >= 0.3 is 0 Å². The lowest BCUT2D eigenvalue weighted by molar-refractivity contribution is 0.0844. The number of allylic oxidation sites excluding steroid dienone is 3. The van der Waals surface area contributed by atoms with Crippen LogP contribution < -0.4 is 0 Å². The largest absolute Gasteiger partial charge is 0.491 e. The minimum atomic E-state index is 0.0995. The van der Waals surface area contributed by atoms with Crippen molar-refractivity contribution in [2.75, 3.05) is 13.2 Å². The molecule has 1 unspecified atom stereocenters. The van der Waals surface area contributed by atoms with Crippen molar-refractivity contribution < 1.29 is 9.47 Å². The lowest BCUT2D eigenvalue weighted by Crippen LogP contribution is -2.07. The molecule has 0 saturated carbocycles. The molecule has 1 aliphatic carbocycles. The molecule has 0 aromatic carbocycles. The number of fused-ring (bicyclic) bond motifs is 1. The Bertz CT molecular complexity index is 226. The molecule has 2 rings (SSSR count). The molecule has 0 amide bonds. The summed E-state index contributed by atoms with van der Waals surface area (Å²) < 4.78 is 10.8. The Morgan fingerprint density at radius 2 is 2.27 bits per heavy atom. The molecular weight excluding hydrogens is 140 g/mol. The highest BCUT2D eigenvalue weighted by molar-refractivity contribution is 5.25. The van der Waals surface area contributed by atoms with Crippen molar-refractivity contribution in [1.82, 2.24) is 0 Å². The molecule has 2 aliphatic rings. The summed E-state index contributed by atoms with van der Waals surface area (Å²) in [6.45, 7) is 1.32. The molecule has 0 radical (unpaired) electrons. The van der Waals surface area contributed by atoms with E-state index < -0.39 is 0 Å². The van der Waals surface area contributed by atoms with Gasteiger partial charge in [0.25, 0.3) is 0 Å². The van der Waals surface area contributed by atoms with Gasteiger partial charge in [-0.25, -0.2) is 0 Å². The van der Waals surface area contributed by atoms with E-state index in [-0.39, 0.29) is 6.10 Å². The molecule has 2 bridgehead atoms. The second-order valence-corrected chi connectivity index (χ2v) is 2.50. The van der Waals surface area contributed by atoms with Crippen LogP contribution in [0.2, 0.25) is 0 Å². The third-order valence-corrected chi connectivity index (χ3v) is 1.66. The van der Waals surface area contributed by atoms with Crippen LogP contribution in [0.3, 0.4) is 0 Å². The molecule has 58 valence electrons. The average Bonchev–Trinajstić information content (AvgIpc) is 2.36. The highest BCUT2D eigenvalue weighted by Crippen LogP contribution is 2.12. The van der Waals surface area contributed by atoms with Crippen molar-refractivity contribution in [3.8, 4) is 0 Å². The van der Waals surface area contributed by atoms with Crippen molar-refractivity contribution in [2.45, 2.75) is 6.10 Å². The van der Waals surface area contributed by atoms with Gasteiger partial charge in [-0.3, -0.25) is 0 Å². The van der Waals surface area contributed by atoms with Crippen LogP contribution in [0.4, 0.5) is 0 Å². The molecule has 0 N–H and O–H groups in total. The summed E-state index contributed by atoms with van der Waals surface area (Å²) in [4.78, 5) is 0. The standard InChI is InChI=1S/C9H10O2/c1-2-4-9-7-8(3-1)10-5-6-11-9/h1-4,7-8H,5-6H2. The zero-order valence-electron chi connectivity index (χ0n) is 6.19. The van der Waals surface area contributed by atoms with Crippen molar-refractivity contribution >= 4 is 0 Å². The van der Waals surface area contributed by atoms with Gasteiger partial charge in [0.2, 0.25) is 0 Å². The van der Waals surface area contributed by atoms with E-state index in [4.69, 9.17) is 9.47 Å². The topological polar surface area (TPSA) is 18.5 Å². The fourth-order valence-corrected chi connectivity index (χ4v) is 1.14. The molecule has 2 nitrogen and oxygen atoms in total. The third kappa shape index (κ3) is 1.52. The van der Waals surface area contributed by atoms with E-state index in [1.807, 2.05) is 30.4 Å². The average molecular weight is 150 g/mol. The minimum absolute atomic E-state index is 0.0995. The first-order chi connectivity index (χ1) is 5.45. The summed E-state index contributed by atoms with van der Waals surface area (Å²) in [5, 5.41) is 0. The third-order valence-electron chi connectivity index (χ3n) is 1.66. The number of rotatable bonds is 0.